The fourth-order valence-corrected chi connectivity index (χ4v) is 3.00. The van der Waals surface area contributed by atoms with Gasteiger partial charge in [-0.2, -0.15) is 0 Å². The summed E-state index contributed by atoms with van der Waals surface area (Å²) in [6.07, 6.45) is 0.853. The smallest absolute Gasteiger partial charge is 0.256 e. The Balaban J connectivity index is 2.43. The van der Waals surface area contributed by atoms with Gasteiger partial charge in [0.15, 0.2) is 11.5 Å². The average molecular weight is 377 g/mol. The van der Waals surface area contributed by atoms with Crippen LogP contribution in [-0.4, -0.2) is 50.6 Å². The van der Waals surface area contributed by atoms with Crippen LogP contribution in [0.15, 0.2) is 12.1 Å². The Morgan fingerprint density at radius 1 is 1.22 bits per heavy atom. The van der Waals surface area contributed by atoms with Crippen molar-refractivity contribution in [2.75, 3.05) is 39.2 Å². The largest absolute Gasteiger partial charge is 0.493 e. The van der Waals surface area contributed by atoms with E-state index in [4.69, 9.17) is 15.2 Å². The minimum atomic E-state index is -0.598. The number of likely N-dealkylation sites (tertiary alicyclic amines) is 1. The summed E-state index contributed by atoms with van der Waals surface area (Å²) in [4.78, 5) is 27.5. The predicted molar refractivity (Wildman–Crippen MR) is 105 cm³/mol. The van der Waals surface area contributed by atoms with Crippen LogP contribution in [0.25, 0.3) is 0 Å². The van der Waals surface area contributed by atoms with Crippen molar-refractivity contribution in [3.05, 3.63) is 17.7 Å². The van der Waals surface area contributed by atoms with Gasteiger partial charge in [0.25, 0.3) is 5.91 Å². The third-order valence-electron chi connectivity index (χ3n) is 5.02. The molecular weight excluding hydrogens is 346 g/mol. The third-order valence-corrected chi connectivity index (χ3v) is 5.02. The van der Waals surface area contributed by atoms with E-state index in [0.717, 1.165) is 6.42 Å². The van der Waals surface area contributed by atoms with E-state index in [-0.39, 0.29) is 17.2 Å². The molecule has 1 saturated heterocycles. The maximum Gasteiger partial charge on any atom is 0.256 e. The van der Waals surface area contributed by atoms with Crippen LogP contribution in [0.1, 0.15) is 44.5 Å². The summed E-state index contributed by atoms with van der Waals surface area (Å²) in [6.45, 7) is 9.28. The summed E-state index contributed by atoms with van der Waals surface area (Å²) in [6, 6.07) is 3.26. The second-order valence-corrected chi connectivity index (χ2v) is 8.45. The van der Waals surface area contributed by atoms with Gasteiger partial charge in [0.2, 0.25) is 5.91 Å². The Hall–Kier alpha value is -2.28. The second-order valence-electron chi connectivity index (χ2n) is 8.45. The summed E-state index contributed by atoms with van der Waals surface area (Å²) < 4.78 is 10.7. The first kappa shape index (κ1) is 21.0. The third kappa shape index (κ3) is 4.53. The van der Waals surface area contributed by atoms with Crippen LogP contribution in [0.2, 0.25) is 0 Å². The SMILES string of the molecule is COc1cc(NC(=O)C(C)(C)C)c(C(=O)N2CCC(C)(CN)C2)cc1OC. The minimum Gasteiger partial charge on any atom is -0.493 e. The minimum absolute atomic E-state index is 0.0823. The number of hydrogen-bond acceptors (Lipinski definition) is 5. The summed E-state index contributed by atoms with van der Waals surface area (Å²) in [5.74, 6) is 0.552. The van der Waals surface area contributed by atoms with E-state index in [9.17, 15) is 9.59 Å². The molecule has 1 aromatic rings. The molecule has 3 N–H and O–H groups in total. The molecule has 0 aromatic heterocycles. The molecule has 1 aromatic carbocycles. The van der Waals surface area contributed by atoms with E-state index in [2.05, 4.69) is 12.2 Å². The number of benzene rings is 1. The number of hydrogen-bond donors (Lipinski definition) is 2. The van der Waals surface area contributed by atoms with Crippen molar-refractivity contribution in [2.45, 2.75) is 34.1 Å². The molecule has 2 rings (SSSR count). The Morgan fingerprint density at radius 3 is 2.30 bits per heavy atom. The lowest BCUT2D eigenvalue weighted by Gasteiger charge is -2.25. The molecule has 1 unspecified atom stereocenters. The number of anilines is 1. The lowest BCUT2D eigenvalue weighted by molar-refractivity contribution is -0.123. The molecule has 1 fully saturated rings. The Kier molecular flexibility index (Phi) is 6.04. The fraction of sp³-hybridized carbons (Fsp3) is 0.600. The van der Waals surface area contributed by atoms with Gasteiger partial charge in [-0.15, -0.1) is 0 Å². The molecule has 1 aliphatic rings. The van der Waals surface area contributed by atoms with Gasteiger partial charge in [0.05, 0.1) is 25.5 Å². The normalized spacial score (nSPS) is 19.7. The summed E-state index contributed by atoms with van der Waals surface area (Å²) in [7, 11) is 3.03. The van der Waals surface area contributed by atoms with Crippen LogP contribution in [-0.2, 0) is 4.79 Å². The quantitative estimate of drug-likeness (QED) is 0.822. The van der Waals surface area contributed by atoms with Gasteiger partial charge in [0.1, 0.15) is 0 Å². The lowest BCUT2D eigenvalue weighted by atomic mass is 9.90. The van der Waals surface area contributed by atoms with Crippen molar-refractivity contribution in [2.24, 2.45) is 16.6 Å². The summed E-state index contributed by atoms with van der Waals surface area (Å²) in [5.41, 5.74) is 5.98. The highest BCUT2D eigenvalue weighted by molar-refractivity contribution is 6.05. The first-order valence-corrected chi connectivity index (χ1v) is 9.11. The molecule has 0 radical (unpaired) electrons. The second kappa shape index (κ2) is 7.76. The van der Waals surface area contributed by atoms with Crippen LogP contribution in [0.5, 0.6) is 11.5 Å². The molecule has 0 bridgehead atoms. The molecule has 7 heteroatoms. The van der Waals surface area contributed by atoms with Crippen molar-refractivity contribution in [3.8, 4) is 11.5 Å². The maximum atomic E-state index is 13.2. The zero-order valence-electron chi connectivity index (χ0n) is 17.1. The Bertz CT molecular complexity index is 727. The number of ether oxygens (including phenoxy) is 2. The predicted octanol–water partition coefficient (Wildman–Crippen LogP) is 2.50. The van der Waals surface area contributed by atoms with Crippen molar-refractivity contribution in [1.29, 1.82) is 0 Å². The van der Waals surface area contributed by atoms with Gasteiger partial charge in [-0.05, 0) is 24.4 Å². The first-order chi connectivity index (χ1) is 12.5. The number of carbonyl (C=O) groups is 2. The van der Waals surface area contributed by atoms with Crippen LogP contribution in [0.4, 0.5) is 5.69 Å². The topological polar surface area (TPSA) is 93.9 Å². The van der Waals surface area contributed by atoms with Gasteiger partial charge in [-0.1, -0.05) is 27.7 Å². The zero-order chi connectivity index (χ0) is 20.4. The molecule has 27 heavy (non-hydrogen) atoms. The molecule has 1 aliphatic heterocycles. The van der Waals surface area contributed by atoms with Crippen molar-refractivity contribution in [3.63, 3.8) is 0 Å². The van der Waals surface area contributed by atoms with E-state index in [1.54, 1.807) is 17.0 Å². The Labute approximate surface area is 161 Å². The first-order valence-electron chi connectivity index (χ1n) is 9.11. The zero-order valence-corrected chi connectivity index (χ0v) is 17.1. The molecule has 150 valence electrons. The van der Waals surface area contributed by atoms with Gasteiger partial charge in [0, 0.05) is 24.6 Å². The average Bonchev–Trinajstić information content (AvgIpc) is 3.02. The highest BCUT2D eigenvalue weighted by Crippen LogP contribution is 2.36. The molecule has 0 saturated carbocycles. The molecule has 0 aliphatic carbocycles. The van der Waals surface area contributed by atoms with E-state index in [1.165, 1.54) is 14.2 Å². The van der Waals surface area contributed by atoms with Gasteiger partial charge in [-0.25, -0.2) is 0 Å². The molecule has 1 atom stereocenters. The van der Waals surface area contributed by atoms with Gasteiger partial charge >= 0.3 is 0 Å². The number of nitrogens with two attached hydrogens (primary N) is 1. The molecule has 7 nitrogen and oxygen atoms in total. The maximum absolute atomic E-state index is 13.2. The molecule has 2 amide bonds. The van der Waals surface area contributed by atoms with E-state index in [1.807, 2.05) is 20.8 Å². The van der Waals surface area contributed by atoms with E-state index in [0.29, 0.717) is 42.4 Å². The number of methoxy groups -OCH3 is 2. The van der Waals surface area contributed by atoms with Crippen molar-refractivity contribution >= 4 is 17.5 Å². The highest BCUT2D eigenvalue weighted by Gasteiger charge is 2.36. The summed E-state index contributed by atoms with van der Waals surface area (Å²) in [5, 5.41) is 2.87. The molecule has 0 spiro atoms. The molecule has 1 heterocycles. The lowest BCUT2D eigenvalue weighted by Crippen LogP contribution is -2.35. The monoisotopic (exact) mass is 377 g/mol. The number of nitrogens with zero attached hydrogens (tertiary/aromatic N) is 1. The van der Waals surface area contributed by atoms with Crippen molar-refractivity contribution < 1.29 is 19.1 Å². The van der Waals surface area contributed by atoms with Crippen LogP contribution in [0, 0.1) is 10.8 Å². The van der Waals surface area contributed by atoms with Gasteiger partial charge < -0.3 is 25.4 Å². The van der Waals surface area contributed by atoms with E-state index >= 15 is 0 Å². The van der Waals surface area contributed by atoms with Gasteiger partial charge in [-0.3, -0.25) is 9.59 Å². The van der Waals surface area contributed by atoms with Crippen LogP contribution >= 0.6 is 0 Å². The Morgan fingerprint density at radius 2 is 1.81 bits per heavy atom. The van der Waals surface area contributed by atoms with Crippen molar-refractivity contribution in [1.82, 2.24) is 4.90 Å². The molecular formula is C20H31N3O4. The number of carbonyl (C=O) groups excluding carboxylic acids is 2. The highest BCUT2D eigenvalue weighted by atomic mass is 16.5. The number of rotatable bonds is 5. The summed E-state index contributed by atoms with van der Waals surface area (Å²) >= 11 is 0. The van der Waals surface area contributed by atoms with Crippen LogP contribution in [0.3, 0.4) is 0 Å². The standard InChI is InChI=1S/C20H31N3O4/c1-19(2,3)18(25)22-14-10-16(27-6)15(26-5)9-13(14)17(24)23-8-7-20(4,11-21)12-23/h9-10H,7-8,11-12,21H2,1-6H3,(H,22,25). The van der Waals surface area contributed by atoms with E-state index < -0.39 is 5.41 Å². The number of amides is 2. The number of nitrogens with one attached hydrogen (secondary N) is 1. The fourth-order valence-electron chi connectivity index (χ4n) is 3.00. The van der Waals surface area contributed by atoms with Crippen LogP contribution < -0.4 is 20.5 Å².